The molecule has 0 aliphatic heterocycles. The highest BCUT2D eigenvalue weighted by atomic mass is 32.2. The molecule has 1 aromatic carbocycles. The molecule has 4 nitrogen and oxygen atoms in total. The fraction of sp³-hybridized carbons (Fsp3) is 0.286. The van der Waals surface area contributed by atoms with Crippen molar-refractivity contribution in [2.75, 3.05) is 12.9 Å². The summed E-state index contributed by atoms with van der Waals surface area (Å²) >= 11 is 1.56. The zero-order chi connectivity index (χ0) is 13.7. The Bertz CT molecular complexity index is 593. The number of rotatable bonds is 5. The molecule has 0 bridgehead atoms. The van der Waals surface area contributed by atoms with Crippen LogP contribution in [0, 0.1) is 6.92 Å². The van der Waals surface area contributed by atoms with E-state index in [-0.39, 0.29) is 5.56 Å². The highest BCUT2D eigenvalue weighted by Gasteiger charge is 2.00. The average Bonchev–Trinajstić information content (AvgIpc) is 2.38. The fourth-order valence-corrected chi connectivity index (χ4v) is 2.59. The normalized spacial score (nSPS) is 10.4. The number of ether oxygens (including phenoxy) is 1. The number of nitrogens with one attached hydrogen (secondary N) is 1. The second-order valence-corrected chi connectivity index (χ2v) is 5.22. The number of methoxy groups -OCH3 is 1. The Morgan fingerprint density at radius 3 is 2.68 bits per heavy atom. The van der Waals surface area contributed by atoms with E-state index in [4.69, 9.17) is 4.74 Å². The largest absolute Gasteiger partial charge is 0.497 e. The van der Waals surface area contributed by atoms with Crippen LogP contribution in [0.15, 0.2) is 40.3 Å². The molecule has 1 heterocycles. The van der Waals surface area contributed by atoms with E-state index in [9.17, 15) is 4.79 Å². The van der Waals surface area contributed by atoms with E-state index in [2.05, 4.69) is 9.97 Å². The van der Waals surface area contributed by atoms with E-state index in [0.29, 0.717) is 5.16 Å². The maximum atomic E-state index is 11.3. The van der Waals surface area contributed by atoms with Crippen molar-refractivity contribution in [2.24, 2.45) is 0 Å². The van der Waals surface area contributed by atoms with E-state index < -0.39 is 0 Å². The van der Waals surface area contributed by atoms with E-state index in [1.807, 2.05) is 31.2 Å². The molecule has 0 unspecified atom stereocenters. The van der Waals surface area contributed by atoms with Crippen molar-refractivity contribution in [2.45, 2.75) is 18.5 Å². The predicted octanol–water partition coefficient (Wildman–Crippen LogP) is 2.42. The van der Waals surface area contributed by atoms with E-state index >= 15 is 0 Å². The van der Waals surface area contributed by atoms with Gasteiger partial charge in [-0.15, -0.1) is 0 Å². The second kappa shape index (κ2) is 6.43. The Morgan fingerprint density at radius 2 is 2.05 bits per heavy atom. The van der Waals surface area contributed by atoms with Gasteiger partial charge in [0.25, 0.3) is 5.56 Å². The standard InChI is InChI=1S/C14H16N2O2S/c1-10-9-13(17)16-14(15-10)19-8-7-11-3-5-12(18-2)6-4-11/h3-6,9H,7-8H2,1-2H3,(H,15,16,17). The summed E-state index contributed by atoms with van der Waals surface area (Å²) in [5, 5.41) is 0.679. The molecule has 0 aliphatic carbocycles. The van der Waals surface area contributed by atoms with Gasteiger partial charge in [0.05, 0.1) is 7.11 Å². The topological polar surface area (TPSA) is 55.0 Å². The molecule has 0 radical (unpaired) electrons. The van der Waals surface area contributed by atoms with Crippen molar-refractivity contribution in [1.82, 2.24) is 9.97 Å². The highest BCUT2D eigenvalue weighted by molar-refractivity contribution is 7.99. The highest BCUT2D eigenvalue weighted by Crippen LogP contribution is 2.16. The lowest BCUT2D eigenvalue weighted by Gasteiger charge is -2.04. The van der Waals surface area contributed by atoms with Crippen LogP contribution in [-0.4, -0.2) is 22.8 Å². The maximum Gasteiger partial charge on any atom is 0.251 e. The molecule has 1 N–H and O–H groups in total. The van der Waals surface area contributed by atoms with Crippen molar-refractivity contribution in [3.05, 3.63) is 51.9 Å². The lowest BCUT2D eigenvalue weighted by molar-refractivity contribution is 0.414. The Balaban J connectivity index is 1.90. The van der Waals surface area contributed by atoms with Gasteiger partial charge in [0.2, 0.25) is 0 Å². The Kier molecular flexibility index (Phi) is 4.63. The number of hydrogen-bond donors (Lipinski definition) is 1. The van der Waals surface area contributed by atoms with Crippen LogP contribution in [0.1, 0.15) is 11.3 Å². The summed E-state index contributed by atoms with van der Waals surface area (Å²) in [6.07, 6.45) is 0.923. The molecule has 0 saturated carbocycles. The number of aromatic amines is 1. The summed E-state index contributed by atoms with van der Waals surface area (Å²) in [4.78, 5) is 18.3. The molecule has 19 heavy (non-hydrogen) atoms. The van der Waals surface area contributed by atoms with E-state index in [1.165, 1.54) is 11.6 Å². The van der Waals surface area contributed by atoms with E-state index in [0.717, 1.165) is 23.6 Å². The minimum atomic E-state index is -0.0977. The quantitative estimate of drug-likeness (QED) is 0.673. The minimum Gasteiger partial charge on any atom is -0.497 e. The van der Waals surface area contributed by atoms with Crippen LogP contribution in [0.5, 0.6) is 5.75 Å². The van der Waals surface area contributed by atoms with Crippen LogP contribution in [0.3, 0.4) is 0 Å². The minimum absolute atomic E-state index is 0.0977. The zero-order valence-corrected chi connectivity index (χ0v) is 11.8. The van der Waals surface area contributed by atoms with Crippen LogP contribution in [0.2, 0.25) is 0 Å². The van der Waals surface area contributed by atoms with Gasteiger partial charge in [-0.05, 0) is 31.0 Å². The third kappa shape index (κ3) is 4.13. The van der Waals surface area contributed by atoms with Gasteiger partial charge >= 0.3 is 0 Å². The smallest absolute Gasteiger partial charge is 0.251 e. The lowest BCUT2D eigenvalue weighted by atomic mass is 10.2. The van der Waals surface area contributed by atoms with Gasteiger partial charge in [0, 0.05) is 17.5 Å². The fourth-order valence-electron chi connectivity index (χ4n) is 1.68. The van der Waals surface area contributed by atoms with Gasteiger partial charge < -0.3 is 9.72 Å². The monoisotopic (exact) mass is 276 g/mol. The van der Waals surface area contributed by atoms with E-state index in [1.54, 1.807) is 18.9 Å². The first-order chi connectivity index (χ1) is 9.17. The van der Waals surface area contributed by atoms with Crippen molar-refractivity contribution in [1.29, 1.82) is 0 Å². The molecule has 0 spiro atoms. The molecular weight excluding hydrogens is 260 g/mol. The van der Waals surface area contributed by atoms with Gasteiger partial charge in [0.15, 0.2) is 5.16 Å². The number of aryl methyl sites for hydroxylation is 2. The van der Waals surface area contributed by atoms with Crippen LogP contribution < -0.4 is 10.3 Å². The Labute approximate surface area is 116 Å². The van der Waals surface area contributed by atoms with Gasteiger partial charge in [-0.2, -0.15) is 0 Å². The van der Waals surface area contributed by atoms with Crippen molar-refractivity contribution in [3.63, 3.8) is 0 Å². The number of hydrogen-bond acceptors (Lipinski definition) is 4. The summed E-state index contributed by atoms with van der Waals surface area (Å²) in [5.74, 6) is 1.74. The summed E-state index contributed by atoms with van der Waals surface area (Å²) in [5.41, 5.74) is 1.89. The van der Waals surface area contributed by atoms with Crippen molar-refractivity contribution in [3.8, 4) is 5.75 Å². The molecule has 100 valence electrons. The van der Waals surface area contributed by atoms with Gasteiger partial charge in [-0.25, -0.2) is 4.98 Å². The Hall–Kier alpha value is -1.75. The third-order valence-corrected chi connectivity index (χ3v) is 3.51. The van der Waals surface area contributed by atoms with Gasteiger partial charge in [-0.3, -0.25) is 4.79 Å². The first kappa shape index (κ1) is 13.7. The summed E-state index contributed by atoms with van der Waals surface area (Å²) < 4.78 is 5.11. The first-order valence-electron chi connectivity index (χ1n) is 6.01. The van der Waals surface area contributed by atoms with Crippen molar-refractivity contribution < 1.29 is 4.74 Å². The molecule has 0 amide bonds. The molecule has 5 heteroatoms. The number of aromatic nitrogens is 2. The lowest BCUT2D eigenvalue weighted by Crippen LogP contribution is -2.08. The predicted molar refractivity (Wildman–Crippen MR) is 77.0 cm³/mol. The van der Waals surface area contributed by atoms with Crippen LogP contribution in [-0.2, 0) is 6.42 Å². The van der Waals surface area contributed by atoms with Gasteiger partial charge in [-0.1, -0.05) is 23.9 Å². The summed E-state index contributed by atoms with van der Waals surface area (Å²) in [6.45, 7) is 1.82. The number of thioether (sulfide) groups is 1. The molecule has 0 fully saturated rings. The molecule has 0 saturated heterocycles. The molecule has 2 aromatic rings. The maximum absolute atomic E-state index is 11.3. The SMILES string of the molecule is COc1ccc(CCSc2nc(C)cc(=O)[nH]2)cc1. The summed E-state index contributed by atoms with van der Waals surface area (Å²) in [7, 11) is 1.66. The van der Waals surface area contributed by atoms with Gasteiger partial charge in [0.1, 0.15) is 5.75 Å². The van der Waals surface area contributed by atoms with Crippen molar-refractivity contribution >= 4 is 11.8 Å². The second-order valence-electron chi connectivity index (χ2n) is 4.14. The molecule has 1 aromatic heterocycles. The Morgan fingerprint density at radius 1 is 1.32 bits per heavy atom. The van der Waals surface area contributed by atoms with Crippen LogP contribution in [0.4, 0.5) is 0 Å². The molecule has 2 rings (SSSR count). The van der Waals surface area contributed by atoms with Crippen LogP contribution >= 0.6 is 11.8 Å². The number of H-pyrrole nitrogens is 1. The summed E-state index contributed by atoms with van der Waals surface area (Å²) in [6, 6.07) is 9.49. The first-order valence-corrected chi connectivity index (χ1v) is 6.99. The molecular formula is C14H16N2O2S. The molecule has 0 atom stereocenters. The molecule has 0 aliphatic rings. The number of benzene rings is 1. The third-order valence-electron chi connectivity index (χ3n) is 2.64. The number of nitrogens with zero attached hydrogens (tertiary/aromatic N) is 1. The zero-order valence-electron chi connectivity index (χ0n) is 11.0. The average molecular weight is 276 g/mol. The van der Waals surface area contributed by atoms with Crippen LogP contribution in [0.25, 0.3) is 0 Å².